The number of carboxylic acid groups (broad SMARTS) is 1. The van der Waals surface area contributed by atoms with E-state index in [2.05, 4.69) is 15.4 Å². The lowest BCUT2D eigenvalue weighted by atomic mass is 10.2. The smallest absolute Gasteiger partial charge is 0.411 e. The molecule has 1 amide bonds. The standard InChI is InChI=1S/C14H14N2O5/c1-20-14(19)16-10-4-2-3-9(7-10)15-8-11-5-6-12(21-11)13(17)18/h2-7,15H,8H2,1H3,(H,16,19)(H,17,18). The fraction of sp³-hybridized carbons (Fsp3) is 0.143. The summed E-state index contributed by atoms with van der Waals surface area (Å²) >= 11 is 0. The average molecular weight is 290 g/mol. The molecule has 0 bridgehead atoms. The number of hydrogen-bond acceptors (Lipinski definition) is 5. The van der Waals surface area contributed by atoms with Crippen LogP contribution in [0.1, 0.15) is 16.3 Å². The Balaban J connectivity index is 1.97. The zero-order valence-electron chi connectivity index (χ0n) is 11.3. The molecule has 0 aliphatic heterocycles. The van der Waals surface area contributed by atoms with Crippen LogP contribution in [0.2, 0.25) is 0 Å². The van der Waals surface area contributed by atoms with Crippen molar-refractivity contribution >= 4 is 23.4 Å². The number of furan rings is 1. The average Bonchev–Trinajstić information content (AvgIpc) is 2.94. The van der Waals surface area contributed by atoms with Gasteiger partial charge in [-0.1, -0.05) is 6.07 Å². The second-order valence-electron chi connectivity index (χ2n) is 4.12. The first-order valence-corrected chi connectivity index (χ1v) is 6.09. The van der Waals surface area contributed by atoms with E-state index in [1.54, 1.807) is 24.3 Å². The predicted octanol–water partition coefficient (Wildman–Crippen LogP) is 2.77. The number of hydrogen-bond donors (Lipinski definition) is 3. The van der Waals surface area contributed by atoms with Gasteiger partial charge in [0.25, 0.3) is 0 Å². The molecule has 2 aromatic rings. The summed E-state index contributed by atoms with van der Waals surface area (Å²) in [5.41, 5.74) is 1.33. The first-order chi connectivity index (χ1) is 10.1. The van der Waals surface area contributed by atoms with Gasteiger partial charge in [0.05, 0.1) is 13.7 Å². The summed E-state index contributed by atoms with van der Waals surface area (Å²) in [7, 11) is 1.29. The van der Waals surface area contributed by atoms with Gasteiger partial charge in [0.15, 0.2) is 0 Å². The molecular formula is C14H14N2O5. The van der Waals surface area contributed by atoms with Crippen molar-refractivity contribution in [3.05, 3.63) is 47.9 Å². The predicted molar refractivity (Wildman–Crippen MR) is 75.5 cm³/mol. The molecule has 7 heteroatoms. The van der Waals surface area contributed by atoms with E-state index in [4.69, 9.17) is 9.52 Å². The number of methoxy groups -OCH3 is 1. The first kappa shape index (κ1) is 14.4. The van der Waals surface area contributed by atoms with Gasteiger partial charge in [-0.2, -0.15) is 0 Å². The number of aromatic carboxylic acids is 1. The van der Waals surface area contributed by atoms with Crippen molar-refractivity contribution in [2.45, 2.75) is 6.54 Å². The molecule has 2 rings (SSSR count). The van der Waals surface area contributed by atoms with Crippen molar-refractivity contribution in [1.82, 2.24) is 0 Å². The van der Waals surface area contributed by atoms with Crippen LogP contribution in [-0.4, -0.2) is 24.3 Å². The summed E-state index contributed by atoms with van der Waals surface area (Å²) in [6.45, 7) is 0.328. The Kier molecular flexibility index (Phi) is 4.45. The molecule has 110 valence electrons. The second-order valence-corrected chi connectivity index (χ2v) is 4.12. The van der Waals surface area contributed by atoms with Gasteiger partial charge in [0, 0.05) is 11.4 Å². The van der Waals surface area contributed by atoms with Gasteiger partial charge in [0.2, 0.25) is 5.76 Å². The van der Waals surface area contributed by atoms with E-state index in [9.17, 15) is 9.59 Å². The Morgan fingerprint density at radius 1 is 1.24 bits per heavy atom. The molecule has 0 saturated heterocycles. The number of nitrogens with one attached hydrogen (secondary N) is 2. The van der Waals surface area contributed by atoms with Crippen LogP contribution in [0.25, 0.3) is 0 Å². The summed E-state index contributed by atoms with van der Waals surface area (Å²) in [6, 6.07) is 10.00. The molecule has 1 aromatic carbocycles. The summed E-state index contributed by atoms with van der Waals surface area (Å²) in [5, 5.41) is 14.4. The SMILES string of the molecule is COC(=O)Nc1cccc(NCc2ccc(C(=O)O)o2)c1. The maximum absolute atomic E-state index is 11.1. The number of carboxylic acids is 1. The van der Waals surface area contributed by atoms with Crippen LogP contribution in [0, 0.1) is 0 Å². The lowest BCUT2D eigenvalue weighted by Crippen LogP contribution is -2.11. The topological polar surface area (TPSA) is 101 Å². The summed E-state index contributed by atoms with van der Waals surface area (Å²) in [4.78, 5) is 21.8. The molecule has 0 unspecified atom stereocenters. The van der Waals surface area contributed by atoms with E-state index in [0.29, 0.717) is 18.0 Å². The molecule has 0 spiro atoms. The molecular weight excluding hydrogens is 276 g/mol. The minimum absolute atomic E-state index is 0.104. The fourth-order valence-electron chi connectivity index (χ4n) is 1.65. The van der Waals surface area contributed by atoms with Crippen LogP contribution in [0.15, 0.2) is 40.8 Å². The summed E-state index contributed by atoms with van der Waals surface area (Å²) in [6.07, 6.45) is -0.552. The molecule has 0 aliphatic carbocycles. The van der Waals surface area contributed by atoms with E-state index >= 15 is 0 Å². The van der Waals surface area contributed by atoms with Gasteiger partial charge in [0.1, 0.15) is 5.76 Å². The third-order valence-corrected chi connectivity index (χ3v) is 2.63. The van der Waals surface area contributed by atoms with Gasteiger partial charge in [-0.3, -0.25) is 5.32 Å². The number of carbonyl (C=O) groups excluding carboxylic acids is 1. The van der Waals surface area contributed by atoms with Crippen LogP contribution < -0.4 is 10.6 Å². The van der Waals surface area contributed by atoms with Crippen LogP contribution in [0.3, 0.4) is 0 Å². The van der Waals surface area contributed by atoms with Gasteiger partial charge < -0.3 is 19.6 Å². The molecule has 0 atom stereocenters. The minimum Gasteiger partial charge on any atom is -0.475 e. The highest BCUT2D eigenvalue weighted by Crippen LogP contribution is 2.17. The van der Waals surface area contributed by atoms with Crippen molar-refractivity contribution in [3.63, 3.8) is 0 Å². The van der Waals surface area contributed by atoms with E-state index in [0.717, 1.165) is 5.69 Å². The van der Waals surface area contributed by atoms with E-state index in [-0.39, 0.29) is 5.76 Å². The Labute approximate surface area is 120 Å². The lowest BCUT2D eigenvalue weighted by molar-refractivity contribution is 0.0660. The van der Waals surface area contributed by atoms with Crippen LogP contribution in [0.4, 0.5) is 16.2 Å². The van der Waals surface area contributed by atoms with Gasteiger partial charge in [-0.05, 0) is 30.3 Å². The molecule has 7 nitrogen and oxygen atoms in total. The molecule has 0 saturated carbocycles. The van der Waals surface area contributed by atoms with E-state index < -0.39 is 12.1 Å². The number of amides is 1. The molecule has 3 N–H and O–H groups in total. The highest BCUT2D eigenvalue weighted by atomic mass is 16.5. The van der Waals surface area contributed by atoms with Gasteiger partial charge in [-0.25, -0.2) is 9.59 Å². The molecule has 0 radical (unpaired) electrons. The number of benzene rings is 1. The van der Waals surface area contributed by atoms with Crippen molar-refractivity contribution in [2.75, 3.05) is 17.7 Å². The van der Waals surface area contributed by atoms with E-state index in [1.165, 1.54) is 13.2 Å². The van der Waals surface area contributed by atoms with Crippen molar-refractivity contribution in [2.24, 2.45) is 0 Å². The maximum Gasteiger partial charge on any atom is 0.411 e. The molecule has 1 heterocycles. The highest BCUT2D eigenvalue weighted by molar-refractivity contribution is 5.85. The third kappa shape index (κ3) is 4.00. The highest BCUT2D eigenvalue weighted by Gasteiger charge is 2.08. The van der Waals surface area contributed by atoms with Gasteiger partial charge >= 0.3 is 12.1 Å². The lowest BCUT2D eigenvalue weighted by Gasteiger charge is -2.08. The number of anilines is 2. The van der Waals surface area contributed by atoms with Crippen LogP contribution in [0.5, 0.6) is 0 Å². The Bertz CT molecular complexity index is 650. The molecule has 1 aromatic heterocycles. The Hall–Kier alpha value is -2.96. The van der Waals surface area contributed by atoms with Crippen molar-refractivity contribution in [3.8, 4) is 0 Å². The van der Waals surface area contributed by atoms with Crippen molar-refractivity contribution < 1.29 is 23.8 Å². The zero-order valence-corrected chi connectivity index (χ0v) is 11.3. The summed E-state index contributed by atoms with van der Waals surface area (Å²) in [5.74, 6) is -0.711. The first-order valence-electron chi connectivity index (χ1n) is 6.09. The number of carbonyl (C=O) groups is 2. The van der Waals surface area contributed by atoms with Gasteiger partial charge in [-0.15, -0.1) is 0 Å². The Morgan fingerprint density at radius 2 is 2.00 bits per heavy atom. The van der Waals surface area contributed by atoms with Crippen LogP contribution >= 0.6 is 0 Å². The minimum atomic E-state index is -1.11. The zero-order chi connectivity index (χ0) is 15.2. The van der Waals surface area contributed by atoms with Crippen molar-refractivity contribution in [1.29, 1.82) is 0 Å². The summed E-state index contributed by atoms with van der Waals surface area (Å²) < 4.78 is 9.63. The normalized spacial score (nSPS) is 9.95. The van der Waals surface area contributed by atoms with Crippen LogP contribution in [-0.2, 0) is 11.3 Å². The number of ether oxygens (including phenoxy) is 1. The fourth-order valence-corrected chi connectivity index (χ4v) is 1.65. The molecule has 0 aliphatic rings. The maximum atomic E-state index is 11.1. The van der Waals surface area contributed by atoms with E-state index in [1.807, 2.05) is 6.07 Å². The quantitative estimate of drug-likeness (QED) is 0.782. The molecule has 21 heavy (non-hydrogen) atoms. The monoisotopic (exact) mass is 290 g/mol. The molecule has 0 fully saturated rings. The Morgan fingerprint density at radius 3 is 2.67 bits per heavy atom. The second kappa shape index (κ2) is 6.47. The number of rotatable bonds is 5. The third-order valence-electron chi connectivity index (χ3n) is 2.63. The largest absolute Gasteiger partial charge is 0.475 e.